The van der Waals surface area contributed by atoms with Gasteiger partial charge < -0.3 is 10.0 Å². The molecule has 19 heavy (non-hydrogen) atoms. The molecule has 0 radical (unpaired) electrons. The van der Waals surface area contributed by atoms with Crippen molar-refractivity contribution in [1.29, 1.82) is 0 Å². The zero-order valence-corrected chi connectivity index (χ0v) is 12.6. The first-order valence-corrected chi connectivity index (χ1v) is 7.38. The normalized spacial score (nSPS) is 11.6. The van der Waals surface area contributed by atoms with Crippen LogP contribution in [-0.2, 0) is 11.3 Å². The van der Waals surface area contributed by atoms with Crippen molar-refractivity contribution in [2.24, 2.45) is 5.92 Å². The fraction of sp³-hybridized carbons (Fsp3) is 0.533. The lowest BCUT2D eigenvalue weighted by molar-refractivity contribution is -0.134. The second kappa shape index (κ2) is 7.98. The maximum atomic E-state index is 12.1. The number of carbonyl (C=O) groups excluding carboxylic acids is 1. The molecule has 1 heterocycles. The van der Waals surface area contributed by atoms with Crippen molar-refractivity contribution in [2.45, 2.75) is 33.2 Å². The van der Waals surface area contributed by atoms with E-state index in [0.717, 1.165) is 23.3 Å². The van der Waals surface area contributed by atoms with E-state index in [-0.39, 0.29) is 18.4 Å². The van der Waals surface area contributed by atoms with Crippen molar-refractivity contribution < 1.29 is 9.90 Å². The first kappa shape index (κ1) is 15.7. The van der Waals surface area contributed by atoms with Crippen LogP contribution < -0.4 is 0 Å². The van der Waals surface area contributed by atoms with Gasteiger partial charge in [0.05, 0.1) is 6.54 Å². The molecule has 0 fully saturated rings. The van der Waals surface area contributed by atoms with E-state index < -0.39 is 0 Å². The Balaban J connectivity index is 2.59. The Bertz CT molecular complexity index is 470. The highest BCUT2D eigenvalue weighted by molar-refractivity contribution is 7.10. The molecule has 0 saturated heterocycles. The molecule has 1 amide bonds. The summed E-state index contributed by atoms with van der Waals surface area (Å²) < 4.78 is 0. The van der Waals surface area contributed by atoms with E-state index in [1.54, 1.807) is 16.2 Å². The third-order valence-corrected chi connectivity index (χ3v) is 3.80. The molecule has 3 nitrogen and oxygen atoms in total. The summed E-state index contributed by atoms with van der Waals surface area (Å²) in [6.45, 7) is 4.57. The summed E-state index contributed by atoms with van der Waals surface area (Å²) in [4.78, 5) is 15.0. The van der Waals surface area contributed by atoms with Crippen molar-refractivity contribution >= 4 is 17.2 Å². The average molecular weight is 279 g/mol. The summed E-state index contributed by atoms with van der Waals surface area (Å²) >= 11 is 1.59. The van der Waals surface area contributed by atoms with Gasteiger partial charge in [0.15, 0.2) is 0 Å². The minimum absolute atomic E-state index is 0.0867. The van der Waals surface area contributed by atoms with Crippen LogP contribution in [0.1, 0.15) is 37.1 Å². The monoisotopic (exact) mass is 279 g/mol. The first-order valence-electron chi connectivity index (χ1n) is 6.50. The molecule has 0 spiro atoms. The van der Waals surface area contributed by atoms with Crippen LogP contribution in [0.3, 0.4) is 0 Å². The highest BCUT2D eigenvalue weighted by Crippen LogP contribution is 2.17. The van der Waals surface area contributed by atoms with E-state index in [1.165, 1.54) is 0 Å². The lowest BCUT2D eigenvalue weighted by Gasteiger charge is -2.20. The van der Waals surface area contributed by atoms with Crippen LogP contribution in [0.2, 0.25) is 0 Å². The van der Waals surface area contributed by atoms with Crippen molar-refractivity contribution in [3.63, 3.8) is 0 Å². The van der Waals surface area contributed by atoms with Crippen LogP contribution in [0.4, 0.5) is 0 Å². The number of hydrogen-bond donors (Lipinski definition) is 1. The smallest absolute Gasteiger partial charge is 0.225 e. The second-order valence-electron chi connectivity index (χ2n) is 4.65. The molecule has 0 bridgehead atoms. The third-order valence-electron chi connectivity index (χ3n) is 2.88. The van der Waals surface area contributed by atoms with Crippen LogP contribution in [0.5, 0.6) is 0 Å². The molecule has 0 saturated carbocycles. The van der Waals surface area contributed by atoms with Crippen LogP contribution in [0, 0.1) is 17.8 Å². The number of aliphatic hydroxyl groups excluding tert-OH is 1. The van der Waals surface area contributed by atoms with Gasteiger partial charge in [-0.3, -0.25) is 4.79 Å². The fourth-order valence-electron chi connectivity index (χ4n) is 1.92. The van der Waals surface area contributed by atoms with Crippen molar-refractivity contribution in [2.75, 3.05) is 13.7 Å². The van der Waals surface area contributed by atoms with E-state index >= 15 is 0 Å². The third kappa shape index (κ3) is 5.06. The molecule has 104 valence electrons. The second-order valence-corrected chi connectivity index (χ2v) is 5.64. The molecule has 0 aliphatic carbocycles. The zero-order valence-electron chi connectivity index (χ0n) is 11.8. The van der Waals surface area contributed by atoms with Gasteiger partial charge in [-0.25, -0.2) is 0 Å². The standard InChI is InChI=1S/C15H21NO2S/c1-4-6-12(2)15(18)16(3)10-14-9-13(11-19-14)7-5-8-17/h9,11-12,17H,4,6,8,10H2,1-3H3. The molecular formula is C15H21NO2S. The van der Waals surface area contributed by atoms with Gasteiger partial charge in [-0.1, -0.05) is 32.1 Å². The van der Waals surface area contributed by atoms with Crippen molar-refractivity contribution in [3.05, 3.63) is 21.9 Å². The number of aliphatic hydroxyl groups is 1. The van der Waals surface area contributed by atoms with Gasteiger partial charge in [0.25, 0.3) is 0 Å². The molecule has 1 rings (SSSR count). The molecule has 1 aromatic rings. The number of rotatable bonds is 5. The largest absolute Gasteiger partial charge is 0.384 e. The zero-order chi connectivity index (χ0) is 14.3. The van der Waals surface area contributed by atoms with Crippen molar-refractivity contribution in [3.8, 4) is 11.8 Å². The molecule has 0 aromatic carbocycles. The van der Waals surface area contributed by atoms with Gasteiger partial charge in [-0.15, -0.1) is 11.3 Å². The molecule has 1 N–H and O–H groups in total. The van der Waals surface area contributed by atoms with Gasteiger partial charge in [-0.05, 0) is 12.5 Å². The van der Waals surface area contributed by atoms with Gasteiger partial charge in [0, 0.05) is 28.8 Å². The van der Waals surface area contributed by atoms with Crippen LogP contribution in [0.25, 0.3) is 0 Å². The van der Waals surface area contributed by atoms with E-state index in [2.05, 4.69) is 18.8 Å². The van der Waals surface area contributed by atoms with Gasteiger partial charge in [0.1, 0.15) is 6.61 Å². The minimum atomic E-state index is -0.127. The summed E-state index contributed by atoms with van der Waals surface area (Å²) in [5.74, 6) is 5.77. The maximum Gasteiger partial charge on any atom is 0.225 e. The Morgan fingerprint density at radius 1 is 1.58 bits per heavy atom. The molecule has 0 aliphatic heterocycles. The molecule has 4 heteroatoms. The lowest BCUT2D eigenvalue weighted by atomic mass is 10.1. The molecule has 1 unspecified atom stereocenters. The number of amides is 1. The SMILES string of the molecule is CCCC(C)C(=O)N(C)Cc1cc(C#CCO)cs1. The van der Waals surface area contributed by atoms with Gasteiger partial charge in [0.2, 0.25) is 5.91 Å². The Labute approximate surface area is 119 Å². The Kier molecular flexibility index (Phi) is 6.61. The first-order chi connectivity index (χ1) is 9.08. The number of hydrogen-bond acceptors (Lipinski definition) is 3. The summed E-state index contributed by atoms with van der Waals surface area (Å²) in [6.07, 6.45) is 1.96. The minimum Gasteiger partial charge on any atom is -0.384 e. The Morgan fingerprint density at radius 2 is 2.32 bits per heavy atom. The van der Waals surface area contributed by atoms with Crippen LogP contribution >= 0.6 is 11.3 Å². The Hall–Kier alpha value is -1.31. The lowest BCUT2D eigenvalue weighted by Crippen LogP contribution is -2.30. The molecule has 0 aliphatic rings. The molecular weight excluding hydrogens is 258 g/mol. The maximum absolute atomic E-state index is 12.1. The average Bonchev–Trinajstić information content (AvgIpc) is 2.83. The molecule has 1 aromatic heterocycles. The Morgan fingerprint density at radius 3 is 2.95 bits per heavy atom. The van der Waals surface area contributed by atoms with Crippen LogP contribution in [-0.4, -0.2) is 29.6 Å². The highest BCUT2D eigenvalue weighted by atomic mass is 32.1. The van der Waals surface area contributed by atoms with Crippen LogP contribution in [0.15, 0.2) is 11.4 Å². The number of nitrogens with zero attached hydrogens (tertiary/aromatic N) is 1. The quantitative estimate of drug-likeness (QED) is 0.841. The highest BCUT2D eigenvalue weighted by Gasteiger charge is 2.17. The summed E-state index contributed by atoms with van der Waals surface area (Å²) in [6, 6.07) is 1.97. The molecule has 1 atom stereocenters. The fourth-order valence-corrected chi connectivity index (χ4v) is 2.78. The summed E-state index contributed by atoms with van der Waals surface area (Å²) in [5, 5.41) is 10.6. The summed E-state index contributed by atoms with van der Waals surface area (Å²) in [7, 11) is 1.84. The van der Waals surface area contributed by atoms with E-state index in [9.17, 15) is 4.79 Å². The predicted octanol–water partition coefficient (Wildman–Crippen LogP) is 2.49. The van der Waals surface area contributed by atoms with E-state index in [1.807, 2.05) is 25.4 Å². The van der Waals surface area contributed by atoms with E-state index in [0.29, 0.717) is 6.54 Å². The topological polar surface area (TPSA) is 40.5 Å². The van der Waals surface area contributed by atoms with Crippen molar-refractivity contribution in [1.82, 2.24) is 4.90 Å². The number of thiophene rings is 1. The van der Waals surface area contributed by atoms with E-state index in [4.69, 9.17) is 5.11 Å². The predicted molar refractivity (Wildman–Crippen MR) is 78.8 cm³/mol. The summed E-state index contributed by atoms with van der Waals surface area (Å²) in [5.41, 5.74) is 0.900. The van der Waals surface area contributed by atoms with Gasteiger partial charge >= 0.3 is 0 Å². The van der Waals surface area contributed by atoms with Gasteiger partial charge in [-0.2, -0.15) is 0 Å². The number of carbonyl (C=O) groups is 1.